The molecule has 0 saturated heterocycles. The summed E-state index contributed by atoms with van der Waals surface area (Å²) in [6.45, 7) is -0.196. The van der Waals surface area contributed by atoms with Gasteiger partial charge in [-0.15, -0.1) is 0 Å². The van der Waals surface area contributed by atoms with E-state index in [0.29, 0.717) is 16.9 Å². The van der Waals surface area contributed by atoms with Crippen LogP contribution in [0.2, 0.25) is 0 Å². The predicted molar refractivity (Wildman–Crippen MR) is 144 cm³/mol. The Morgan fingerprint density at radius 3 is 2.77 bits per heavy atom. The maximum atomic E-state index is 13.8. The van der Waals surface area contributed by atoms with Crippen LogP contribution in [-0.2, 0) is 19.7 Å². The molecule has 1 N–H and O–H groups in total. The number of ether oxygens (including phenoxy) is 2. The molecule has 13 nitrogen and oxygen atoms in total. The molecule has 0 amide bonds. The Hall–Kier alpha value is -5.63. The summed E-state index contributed by atoms with van der Waals surface area (Å²) in [5.74, 6) is -2.52. The molecule has 224 valence electrons. The van der Waals surface area contributed by atoms with E-state index < -0.39 is 38.8 Å². The number of aromatic amines is 1. The quantitative estimate of drug-likeness (QED) is 0.246. The number of aromatic nitrogens is 5. The van der Waals surface area contributed by atoms with E-state index >= 15 is 0 Å². The van der Waals surface area contributed by atoms with Gasteiger partial charge < -0.3 is 19.3 Å². The molecule has 1 unspecified atom stereocenters. The average Bonchev–Trinajstić information content (AvgIpc) is 3.78. The molecule has 4 heterocycles. The molecular weight excluding hydrogens is 607 g/mol. The summed E-state index contributed by atoms with van der Waals surface area (Å²) in [5.41, 5.74) is 1.60. The number of nitriles is 1. The maximum Gasteiger partial charge on any atom is 0.493 e. The zero-order valence-electron chi connectivity index (χ0n) is 22.1. The Balaban J connectivity index is 1.38. The summed E-state index contributed by atoms with van der Waals surface area (Å²) >= 11 is 0. The Kier molecular flexibility index (Phi) is 7.05. The lowest BCUT2D eigenvalue weighted by Crippen LogP contribution is -2.38. The van der Waals surface area contributed by atoms with E-state index in [1.165, 1.54) is 35.4 Å². The Labute approximate surface area is 246 Å². The van der Waals surface area contributed by atoms with Crippen LogP contribution in [0.4, 0.5) is 18.9 Å². The number of carbonyl (C=O) groups is 1. The van der Waals surface area contributed by atoms with Gasteiger partial charge in [0, 0.05) is 29.4 Å². The zero-order valence-corrected chi connectivity index (χ0v) is 22.9. The fourth-order valence-electron chi connectivity index (χ4n) is 4.53. The second kappa shape index (κ2) is 10.9. The van der Waals surface area contributed by atoms with Crippen molar-refractivity contribution >= 4 is 32.7 Å². The van der Waals surface area contributed by atoms with E-state index in [1.54, 1.807) is 18.5 Å². The number of hydrogen-bond donors (Lipinski definition) is 1. The molecule has 44 heavy (non-hydrogen) atoms. The minimum absolute atomic E-state index is 0.0312. The highest BCUT2D eigenvalue weighted by Gasteiger charge is 2.45. The number of fused-ring (bicyclic) bond motifs is 2. The number of benzene rings is 2. The lowest BCUT2D eigenvalue weighted by atomic mass is 10.0. The van der Waals surface area contributed by atoms with Gasteiger partial charge in [0.05, 0.1) is 41.0 Å². The van der Waals surface area contributed by atoms with Crippen molar-refractivity contribution in [2.45, 2.75) is 23.5 Å². The first-order valence-corrected chi connectivity index (χ1v) is 14.0. The predicted octanol–water partition coefficient (Wildman–Crippen LogP) is 4.27. The minimum atomic E-state index is -5.50. The van der Waals surface area contributed by atoms with Gasteiger partial charge in [-0.1, -0.05) is 16.6 Å². The van der Waals surface area contributed by atoms with Crippen LogP contribution in [0.1, 0.15) is 18.0 Å². The number of rotatable bonds is 8. The SMILES string of the molecule is N#CCC(c1cccc(S(=O)(=O)N(OC(=O)C(F)(F)F)c2ccc3c(c2)OCO3)c1)n1cc(-c2ncnc3[nH]ccc23)cn1. The third kappa shape index (κ3) is 5.22. The van der Waals surface area contributed by atoms with Gasteiger partial charge in [-0.25, -0.2) is 14.8 Å². The topological polar surface area (TPSA) is 165 Å². The standard InChI is InChI=1S/C27H18F3N7O6S/c28-27(29,30)26(38)43-37(18-4-5-22-23(11-18)42-15-41-22)44(39,40)19-3-1-2-16(10-19)21(6-8-31)36-13-17(12-35-36)24-20-7-9-32-25(20)34-14-33-24/h1-5,7,9-14,21H,6,15H2,(H,32,33,34). The number of sulfonamides is 1. The van der Waals surface area contributed by atoms with Crippen LogP contribution in [-0.4, -0.2) is 52.1 Å². The van der Waals surface area contributed by atoms with E-state index in [0.717, 1.165) is 29.7 Å². The fraction of sp³-hybridized carbons (Fsp3) is 0.148. The Morgan fingerprint density at radius 1 is 1.16 bits per heavy atom. The number of nitrogens with zero attached hydrogens (tertiary/aromatic N) is 6. The fourth-order valence-corrected chi connectivity index (χ4v) is 5.81. The third-order valence-electron chi connectivity index (χ3n) is 6.56. The largest absolute Gasteiger partial charge is 0.493 e. The van der Waals surface area contributed by atoms with Gasteiger partial charge in [0.2, 0.25) is 6.79 Å². The normalized spacial score (nSPS) is 13.4. The molecule has 1 aliphatic heterocycles. The van der Waals surface area contributed by atoms with Crippen molar-refractivity contribution in [2.75, 3.05) is 11.3 Å². The summed E-state index contributed by atoms with van der Waals surface area (Å²) in [7, 11) is -4.97. The second-order valence-corrected chi connectivity index (χ2v) is 11.0. The van der Waals surface area contributed by atoms with Crippen LogP contribution in [0.15, 0.2) is 78.3 Å². The highest BCUT2D eigenvalue weighted by molar-refractivity contribution is 7.92. The van der Waals surface area contributed by atoms with Crippen LogP contribution in [0.5, 0.6) is 11.5 Å². The molecule has 1 atom stereocenters. The van der Waals surface area contributed by atoms with Crippen molar-refractivity contribution in [3.8, 4) is 28.8 Å². The Bertz CT molecular complexity index is 2040. The number of anilines is 1. The van der Waals surface area contributed by atoms with E-state index in [2.05, 4.69) is 24.9 Å². The first-order chi connectivity index (χ1) is 21.1. The van der Waals surface area contributed by atoms with E-state index in [9.17, 15) is 31.6 Å². The molecule has 5 aromatic rings. The first kappa shape index (κ1) is 28.5. The Morgan fingerprint density at radius 2 is 1.98 bits per heavy atom. The van der Waals surface area contributed by atoms with E-state index in [-0.39, 0.29) is 34.7 Å². The highest BCUT2D eigenvalue weighted by Crippen LogP contribution is 2.38. The van der Waals surface area contributed by atoms with Gasteiger partial charge in [-0.05, 0) is 35.9 Å². The summed E-state index contributed by atoms with van der Waals surface area (Å²) in [6, 6.07) is 11.6. The molecule has 0 aliphatic carbocycles. The monoisotopic (exact) mass is 625 g/mol. The van der Waals surface area contributed by atoms with Gasteiger partial charge in [-0.3, -0.25) is 4.68 Å². The summed E-state index contributed by atoms with van der Waals surface area (Å²) in [6.07, 6.45) is 0.584. The second-order valence-electron chi connectivity index (χ2n) is 9.27. The lowest BCUT2D eigenvalue weighted by molar-refractivity contribution is -0.199. The van der Waals surface area contributed by atoms with Crippen molar-refractivity contribution in [3.63, 3.8) is 0 Å². The number of nitrogens with one attached hydrogen (secondary N) is 1. The number of alkyl halides is 3. The third-order valence-corrected chi connectivity index (χ3v) is 8.13. The number of H-pyrrole nitrogens is 1. The molecule has 0 spiro atoms. The van der Waals surface area contributed by atoms with Gasteiger partial charge in [-0.2, -0.15) is 31.9 Å². The summed E-state index contributed by atoms with van der Waals surface area (Å²) in [5, 5.41) is 14.7. The van der Waals surface area contributed by atoms with Crippen molar-refractivity contribution in [1.82, 2.24) is 24.7 Å². The first-order valence-electron chi connectivity index (χ1n) is 12.6. The van der Waals surface area contributed by atoms with Crippen molar-refractivity contribution < 1.29 is 40.7 Å². The lowest BCUT2D eigenvalue weighted by Gasteiger charge is -2.24. The molecule has 17 heteroatoms. The van der Waals surface area contributed by atoms with Crippen molar-refractivity contribution in [3.05, 3.63) is 79.0 Å². The van der Waals surface area contributed by atoms with Gasteiger partial charge >= 0.3 is 12.1 Å². The molecular formula is C27H18F3N7O6S. The average molecular weight is 626 g/mol. The van der Waals surface area contributed by atoms with Crippen molar-refractivity contribution in [1.29, 1.82) is 5.26 Å². The van der Waals surface area contributed by atoms with Crippen LogP contribution >= 0.6 is 0 Å². The van der Waals surface area contributed by atoms with Gasteiger partial charge in [0.1, 0.15) is 12.0 Å². The number of hydrogen-bond acceptors (Lipinski definition) is 10. The molecule has 3 aromatic heterocycles. The van der Waals surface area contributed by atoms with Crippen LogP contribution in [0, 0.1) is 11.3 Å². The maximum absolute atomic E-state index is 13.8. The van der Waals surface area contributed by atoms with Crippen LogP contribution in [0.25, 0.3) is 22.3 Å². The van der Waals surface area contributed by atoms with Gasteiger partial charge in [0.15, 0.2) is 11.5 Å². The summed E-state index contributed by atoms with van der Waals surface area (Å²) in [4.78, 5) is 27.2. The smallest absolute Gasteiger partial charge is 0.454 e. The molecule has 1 aliphatic rings. The molecule has 0 bridgehead atoms. The van der Waals surface area contributed by atoms with E-state index in [4.69, 9.17) is 9.47 Å². The number of carbonyl (C=O) groups excluding carboxylic acids is 1. The zero-order chi connectivity index (χ0) is 31.1. The summed E-state index contributed by atoms with van der Waals surface area (Å²) < 4.78 is 78.7. The van der Waals surface area contributed by atoms with Crippen molar-refractivity contribution in [2.24, 2.45) is 0 Å². The molecule has 0 radical (unpaired) electrons. The number of halogens is 3. The molecule has 0 fully saturated rings. The van der Waals surface area contributed by atoms with E-state index in [1.807, 2.05) is 6.07 Å². The van der Waals surface area contributed by atoms with Gasteiger partial charge in [0.25, 0.3) is 10.0 Å². The molecule has 2 aromatic carbocycles. The van der Waals surface area contributed by atoms with Crippen LogP contribution < -0.4 is 13.9 Å². The minimum Gasteiger partial charge on any atom is -0.454 e. The highest BCUT2D eigenvalue weighted by atomic mass is 32.2. The van der Waals surface area contributed by atoms with Crippen LogP contribution in [0.3, 0.4) is 0 Å². The molecule has 6 rings (SSSR count). The molecule has 0 saturated carbocycles.